The molecule has 0 unspecified atom stereocenters. The van der Waals surface area contributed by atoms with Crippen LogP contribution in [0.2, 0.25) is 0 Å². The molecule has 0 bridgehead atoms. The van der Waals surface area contributed by atoms with Crippen LogP contribution in [0, 0.1) is 5.82 Å². The third-order valence-electron chi connectivity index (χ3n) is 5.50. The molecule has 6 heteroatoms. The second-order valence-corrected chi connectivity index (χ2v) is 7.31. The van der Waals surface area contributed by atoms with Crippen LogP contribution in [0.25, 0.3) is 11.0 Å². The van der Waals surface area contributed by atoms with Crippen molar-refractivity contribution in [2.75, 3.05) is 36.0 Å². The zero-order valence-corrected chi connectivity index (χ0v) is 16.1. The largest absolute Gasteiger partial charge is 0.368 e. The van der Waals surface area contributed by atoms with Crippen LogP contribution in [-0.2, 0) is 6.54 Å². The molecule has 5 rings (SSSR count). The topological polar surface area (TPSA) is 37.2 Å². The summed E-state index contributed by atoms with van der Waals surface area (Å²) in [5.74, 6) is 0.788. The minimum absolute atomic E-state index is 0.198. The molecule has 2 aromatic carbocycles. The lowest BCUT2D eigenvalue weighted by molar-refractivity contribution is 0.624. The summed E-state index contributed by atoms with van der Waals surface area (Å²) in [6, 6.07) is 19.2. The van der Waals surface area contributed by atoms with Gasteiger partial charge in [0.05, 0.1) is 5.39 Å². The highest BCUT2D eigenvalue weighted by molar-refractivity contribution is 5.88. The van der Waals surface area contributed by atoms with Crippen molar-refractivity contribution in [3.05, 3.63) is 84.6 Å². The number of benzene rings is 2. The molecule has 3 heterocycles. The fourth-order valence-corrected chi connectivity index (χ4v) is 3.98. The maximum absolute atomic E-state index is 13.2. The van der Waals surface area contributed by atoms with Gasteiger partial charge in [0.1, 0.15) is 23.6 Å². The molecule has 1 saturated heterocycles. The quantitative estimate of drug-likeness (QED) is 0.531. The van der Waals surface area contributed by atoms with E-state index in [0.717, 1.165) is 55.3 Å². The molecular weight excluding hydrogens is 365 g/mol. The van der Waals surface area contributed by atoms with E-state index in [-0.39, 0.29) is 5.82 Å². The van der Waals surface area contributed by atoms with Crippen molar-refractivity contribution in [3.8, 4) is 0 Å². The molecule has 2 aromatic heterocycles. The number of hydrogen-bond acceptors (Lipinski definition) is 4. The Morgan fingerprint density at radius 3 is 2.28 bits per heavy atom. The SMILES string of the molecule is Fc1ccc(N2CCN(c3ncnc4c3ccn4Cc3ccccc3)CC2)cc1. The molecule has 146 valence electrons. The number of halogens is 1. The number of aromatic nitrogens is 3. The van der Waals surface area contributed by atoms with Crippen LogP contribution in [0.5, 0.6) is 0 Å². The van der Waals surface area contributed by atoms with E-state index in [2.05, 4.69) is 60.9 Å². The fourth-order valence-electron chi connectivity index (χ4n) is 3.98. The van der Waals surface area contributed by atoms with Gasteiger partial charge in [-0.05, 0) is 35.9 Å². The van der Waals surface area contributed by atoms with Gasteiger partial charge in [-0.25, -0.2) is 14.4 Å². The standard InChI is InChI=1S/C23H22FN5/c24-19-6-8-20(9-7-19)27-12-14-28(15-13-27)22-21-10-11-29(23(21)26-17-25-22)16-18-4-2-1-3-5-18/h1-11,17H,12-16H2. The Morgan fingerprint density at radius 2 is 1.52 bits per heavy atom. The molecular formula is C23H22FN5. The molecule has 0 N–H and O–H groups in total. The van der Waals surface area contributed by atoms with Gasteiger partial charge in [-0.15, -0.1) is 0 Å². The number of hydrogen-bond donors (Lipinski definition) is 0. The van der Waals surface area contributed by atoms with Gasteiger partial charge in [0.2, 0.25) is 0 Å². The lowest BCUT2D eigenvalue weighted by Crippen LogP contribution is -2.46. The zero-order valence-electron chi connectivity index (χ0n) is 16.1. The first kappa shape index (κ1) is 17.7. The Hall–Kier alpha value is -3.41. The number of anilines is 2. The molecule has 0 radical (unpaired) electrons. The molecule has 1 fully saturated rings. The van der Waals surface area contributed by atoms with E-state index < -0.39 is 0 Å². The van der Waals surface area contributed by atoms with Crippen molar-refractivity contribution in [3.63, 3.8) is 0 Å². The number of fused-ring (bicyclic) bond motifs is 1. The van der Waals surface area contributed by atoms with E-state index >= 15 is 0 Å². The first-order valence-corrected chi connectivity index (χ1v) is 9.87. The average Bonchev–Trinajstić information content (AvgIpc) is 3.18. The number of rotatable bonds is 4. The highest BCUT2D eigenvalue weighted by Crippen LogP contribution is 2.26. The van der Waals surface area contributed by atoms with E-state index in [4.69, 9.17) is 0 Å². The van der Waals surface area contributed by atoms with Crippen LogP contribution < -0.4 is 9.80 Å². The normalized spacial score (nSPS) is 14.5. The van der Waals surface area contributed by atoms with Crippen molar-refractivity contribution >= 4 is 22.5 Å². The summed E-state index contributed by atoms with van der Waals surface area (Å²) < 4.78 is 15.4. The first-order chi connectivity index (χ1) is 14.3. The molecule has 0 saturated carbocycles. The Kier molecular flexibility index (Phi) is 4.60. The van der Waals surface area contributed by atoms with Gasteiger partial charge in [-0.3, -0.25) is 0 Å². The van der Waals surface area contributed by atoms with Gasteiger partial charge in [0.25, 0.3) is 0 Å². The fraction of sp³-hybridized carbons (Fsp3) is 0.217. The van der Waals surface area contributed by atoms with Crippen LogP contribution >= 0.6 is 0 Å². The highest BCUT2D eigenvalue weighted by atomic mass is 19.1. The first-order valence-electron chi connectivity index (χ1n) is 9.87. The number of nitrogens with zero attached hydrogens (tertiary/aromatic N) is 5. The summed E-state index contributed by atoms with van der Waals surface area (Å²) in [5, 5.41) is 1.08. The lowest BCUT2D eigenvalue weighted by atomic mass is 10.2. The minimum atomic E-state index is -0.198. The summed E-state index contributed by atoms with van der Waals surface area (Å²) in [6.45, 7) is 4.28. The van der Waals surface area contributed by atoms with E-state index in [1.54, 1.807) is 6.33 Å². The minimum Gasteiger partial charge on any atom is -0.368 e. The smallest absolute Gasteiger partial charge is 0.145 e. The van der Waals surface area contributed by atoms with Gasteiger partial charge in [0.15, 0.2) is 0 Å². The summed E-state index contributed by atoms with van der Waals surface area (Å²) in [7, 11) is 0. The van der Waals surface area contributed by atoms with Crippen molar-refractivity contribution in [1.82, 2.24) is 14.5 Å². The van der Waals surface area contributed by atoms with E-state index in [0.29, 0.717) is 0 Å². The summed E-state index contributed by atoms with van der Waals surface area (Å²) >= 11 is 0. The number of piperazine rings is 1. The van der Waals surface area contributed by atoms with Crippen LogP contribution in [0.4, 0.5) is 15.9 Å². The maximum Gasteiger partial charge on any atom is 0.145 e. The molecule has 0 spiro atoms. The lowest BCUT2D eigenvalue weighted by Gasteiger charge is -2.36. The van der Waals surface area contributed by atoms with E-state index in [1.807, 2.05) is 18.2 Å². The third kappa shape index (κ3) is 3.53. The van der Waals surface area contributed by atoms with Crippen LogP contribution in [-0.4, -0.2) is 40.7 Å². The summed E-state index contributed by atoms with van der Waals surface area (Å²) in [6.07, 6.45) is 3.75. The molecule has 5 nitrogen and oxygen atoms in total. The van der Waals surface area contributed by atoms with Crippen molar-refractivity contribution in [2.24, 2.45) is 0 Å². The average molecular weight is 387 g/mol. The molecule has 0 atom stereocenters. The van der Waals surface area contributed by atoms with Gasteiger partial charge in [-0.2, -0.15) is 0 Å². The van der Waals surface area contributed by atoms with Crippen LogP contribution in [0.15, 0.2) is 73.2 Å². The molecule has 0 aliphatic carbocycles. The van der Waals surface area contributed by atoms with Crippen LogP contribution in [0.3, 0.4) is 0 Å². The van der Waals surface area contributed by atoms with Gasteiger partial charge in [0, 0.05) is 44.6 Å². The van der Waals surface area contributed by atoms with Gasteiger partial charge >= 0.3 is 0 Å². The molecule has 29 heavy (non-hydrogen) atoms. The molecule has 0 amide bonds. The Labute approximate surface area is 169 Å². The Morgan fingerprint density at radius 1 is 0.793 bits per heavy atom. The van der Waals surface area contributed by atoms with Crippen molar-refractivity contribution < 1.29 is 4.39 Å². The molecule has 1 aliphatic heterocycles. The highest BCUT2D eigenvalue weighted by Gasteiger charge is 2.21. The molecule has 4 aromatic rings. The predicted molar refractivity (Wildman–Crippen MR) is 114 cm³/mol. The van der Waals surface area contributed by atoms with E-state index in [1.165, 1.54) is 17.7 Å². The maximum atomic E-state index is 13.2. The van der Waals surface area contributed by atoms with Crippen molar-refractivity contribution in [2.45, 2.75) is 6.54 Å². The monoisotopic (exact) mass is 387 g/mol. The second-order valence-electron chi connectivity index (χ2n) is 7.31. The van der Waals surface area contributed by atoms with Gasteiger partial charge in [-0.1, -0.05) is 30.3 Å². The van der Waals surface area contributed by atoms with E-state index in [9.17, 15) is 4.39 Å². The summed E-state index contributed by atoms with van der Waals surface area (Å²) in [4.78, 5) is 13.7. The van der Waals surface area contributed by atoms with Gasteiger partial charge < -0.3 is 14.4 Å². The zero-order chi connectivity index (χ0) is 19.6. The predicted octanol–water partition coefficient (Wildman–Crippen LogP) is 3.95. The molecule has 1 aliphatic rings. The Balaban J connectivity index is 1.35. The van der Waals surface area contributed by atoms with Crippen LogP contribution in [0.1, 0.15) is 5.56 Å². The second kappa shape index (κ2) is 7.54. The Bertz CT molecular complexity index is 1100. The van der Waals surface area contributed by atoms with Crippen molar-refractivity contribution in [1.29, 1.82) is 0 Å². The third-order valence-corrected chi connectivity index (χ3v) is 5.50. The summed E-state index contributed by atoms with van der Waals surface area (Å²) in [5.41, 5.74) is 3.27.